The average molecular weight is 308 g/mol. The van der Waals surface area contributed by atoms with Crippen molar-refractivity contribution in [2.24, 2.45) is 5.10 Å². The second kappa shape index (κ2) is 6.65. The van der Waals surface area contributed by atoms with E-state index in [1.165, 1.54) is 12.1 Å². The molecule has 0 aliphatic rings. The molecular weight excluding hydrogens is 295 g/mol. The lowest BCUT2D eigenvalue weighted by molar-refractivity contribution is 0.0950. The number of halogens is 1. The van der Waals surface area contributed by atoms with Crippen LogP contribution in [-0.2, 0) is 0 Å². The fourth-order valence-corrected chi connectivity index (χ4v) is 1.97. The first-order chi connectivity index (χ1) is 11.2. The molecule has 0 bridgehead atoms. The number of benzene rings is 2. The molecule has 0 spiro atoms. The summed E-state index contributed by atoms with van der Waals surface area (Å²) in [4.78, 5) is 12.0. The molecule has 1 heterocycles. The standard InChI is InChI=1S/C17H13FN4O/c18-14-8-6-13(7-9-14)15-10-16(21-20-15)17(23)22-19-11-12-4-2-1-3-5-12/h1-11H,(H,20,21)(H,22,23). The van der Waals surface area contributed by atoms with E-state index in [-0.39, 0.29) is 11.5 Å². The van der Waals surface area contributed by atoms with Crippen molar-refractivity contribution < 1.29 is 9.18 Å². The summed E-state index contributed by atoms with van der Waals surface area (Å²) >= 11 is 0. The van der Waals surface area contributed by atoms with Crippen molar-refractivity contribution in [3.8, 4) is 11.3 Å². The Hall–Kier alpha value is -3.28. The van der Waals surface area contributed by atoms with E-state index in [0.29, 0.717) is 5.69 Å². The number of H-pyrrole nitrogens is 1. The van der Waals surface area contributed by atoms with E-state index in [4.69, 9.17) is 0 Å². The number of amides is 1. The Morgan fingerprint density at radius 3 is 2.61 bits per heavy atom. The van der Waals surface area contributed by atoms with E-state index in [1.54, 1.807) is 24.4 Å². The van der Waals surface area contributed by atoms with Gasteiger partial charge in [0.2, 0.25) is 0 Å². The normalized spacial score (nSPS) is 10.8. The van der Waals surface area contributed by atoms with Gasteiger partial charge in [0.25, 0.3) is 5.91 Å². The zero-order chi connectivity index (χ0) is 16.1. The number of nitrogens with one attached hydrogen (secondary N) is 2. The van der Waals surface area contributed by atoms with Crippen LogP contribution in [0.4, 0.5) is 4.39 Å². The summed E-state index contributed by atoms with van der Waals surface area (Å²) < 4.78 is 12.9. The Kier molecular flexibility index (Phi) is 4.24. The number of aromatic nitrogens is 2. The van der Waals surface area contributed by atoms with E-state index >= 15 is 0 Å². The predicted molar refractivity (Wildman–Crippen MR) is 85.5 cm³/mol. The first kappa shape index (κ1) is 14.6. The minimum atomic E-state index is -0.405. The summed E-state index contributed by atoms with van der Waals surface area (Å²) in [7, 11) is 0. The van der Waals surface area contributed by atoms with Crippen LogP contribution >= 0.6 is 0 Å². The molecule has 0 fully saturated rings. The predicted octanol–water partition coefficient (Wildman–Crippen LogP) is 2.98. The smallest absolute Gasteiger partial charge is 0.272 e. The largest absolute Gasteiger partial charge is 0.289 e. The first-order valence-corrected chi connectivity index (χ1v) is 6.92. The molecule has 2 aromatic carbocycles. The zero-order valence-corrected chi connectivity index (χ0v) is 12.0. The molecule has 0 saturated carbocycles. The molecule has 114 valence electrons. The van der Waals surface area contributed by atoms with Crippen molar-refractivity contribution in [1.29, 1.82) is 0 Å². The highest BCUT2D eigenvalue weighted by molar-refractivity contribution is 5.94. The van der Waals surface area contributed by atoms with E-state index < -0.39 is 5.91 Å². The van der Waals surface area contributed by atoms with Crippen LogP contribution in [0.2, 0.25) is 0 Å². The topological polar surface area (TPSA) is 70.1 Å². The molecule has 0 saturated heterocycles. The van der Waals surface area contributed by atoms with Gasteiger partial charge in [-0.05, 0) is 35.9 Å². The molecule has 5 nitrogen and oxygen atoms in total. The first-order valence-electron chi connectivity index (χ1n) is 6.92. The van der Waals surface area contributed by atoms with E-state index in [2.05, 4.69) is 20.7 Å². The Morgan fingerprint density at radius 2 is 1.87 bits per heavy atom. The van der Waals surface area contributed by atoms with Crippen molar-refractivity contribution >= 4 is 12.1 Å². The number of hydrogen-bond acceptors (Lipinski definition) is 3. The number of hydrazone groups is 1. The van der Waals surface area contributed by atoms with Gasteiger partial charge in [0.1, 0.15) is 11.5 Å². The molecule has 0 aliphatic heterocycles. The molecule has 6 heteroatoms. The van der Waals surface area contributed by atoms with Crippen molar-refractivity contribution in [2.75, 3.05) is 0 Å². The molecule has 0 aliphatic carbocycles. The number of aromatic amines is 1. The van der Waals surface area contributed by atoms with Crippen LogP contribution in [0.15, 0.2) is 65.8 Å². The van der Waals surface area contributed by atoms with Crippen molar-refractivity contribution in [3.05, 3.63) is 77.7 Å². The van der Waals surface area contributed by atoms with Crippen LogP contribution in [0.5, 0.6) is 0 Å². The molecule has 3 rings (SSSR count). The van der Waals surface area contributed by atoms with Crippen LogP contribution in [0.25, 0.3) is 11.3 Å². The molecule has 3 aromatic rings. The third-order valence-electron chi connectivity index (χ3n) is 3.14. The fourth-order valence-electron chi connectivity index (χ4n) is 1.97. The van der Waals surface area contributed by atoms with Gasteiger partial charge in [0, 0.05) is 5.56 Å². The highest BCUT2D eigenvalue weighted by Gasteiger charge is 2.10. The van der Waals surface area contributed by atoms with Gasteiger partial charge in [-0.1, -0.05) is 30.3 Å². The van der Waals surface area contributed by atoms with Gasteiger partial charge in [-0.3, -0.25) is 9.89 Å². The highest BCUT2D eigenvalue weighted by atomic mass is 19.1. The third-order valence-corrected chi connectivity index (χ3v) is 3.14. The zero-order valence-electron chi connectivity index (χ0n) is 12.0. The van der Waals surface area contributed by atoms with Gasteiger partial charge in [0.05, 0.1) is 11.9 Å². The van der Waals surface area contributed by atoms with Crippen LogP contribution in [0, 0.1) is 5.82 Å². The summed E-state index contributed by atoms with van der Waals surface area (Å²) in [6.45, 7) is 0. The lowest BCUT2D eigenvalue weighted by Crippen LogP contribution is -2.17. The van der Waals surface area contributed by atoms with Gasteiger partial charge in [0.15, 0.2) is 0 Å². The highest BCUT2D eigenvalue weighted by Crippen LogP contribution is 2.17. The maximum atomic E-state index is 12.9. The fraction of sp³-hybridized carbons (Fsp3) is 0. The van der Waals surface area contributed by atoms with E-state index in [0.717, 1.165) is 11.1 Å². The lowest BCUT2D eigenvalue weighted by Gasteiger charge is -1.96. The van der Waals surface area contributed by atoms with Crippen LogP contribution in [0.1, 0.15) is 16.1 Å². The molecule has 1 aromatic heterocycles. The van der Waals surface area contributed by atoms with E-state index in [1.807, 2.05) is 30.3 Å². The molecule has 2 N–H and O–H groups in total. The Bertz CT molecular complexity index is 825. The molecule has 0 radical (unpaired) electrons. The number of carbonyl (C=O) groups excluding carboxylic acids is 1. The molecule has 1 amide bonds. The van der Waals surface area contributed by atoms with Crippen LogP contribution in [0.3, 0.4) is 0 Å². The van der Waals surface area contributed by atoms with E-state index in [9.17, 15) is 9.18 Å². The van der Waals surface area contributed by atoms with Gasteiger partial charge in [-0.15, -0.1) is 0 Å². The summed E-state index contributed by atoms with van der Waals surface area (Å²) in [5.74, 6) is -0.726. The number of hydrogen-bond donors (Lipinski definition) is 2. The SMILES string of the molecule is O=C(NN=Cc1ccccc1)c1cc(-c2ccc(F)cc2)n[nH]1. The van der Waals surface area contributed by atoms with Crippen molar-refractivity contribution in [1.82, 2.24) is 15.6 Å². The number of nitrogens with zero attached hydrogens (tertiary/aromatic N) is 2. The summed E-state index contributed by atoms with van der Waals surface area (Å²) in [5.41, 5.74) is 4.85. The monoisotopic (exact) mass is 308 g/mol. The number of rotatable bonds is 4. The van der Waals surface area contributed by atoms with Gasteiger partial charge in [-0.25, -0.2) is 9.82 Å². The molecule has 0 atom stereocenters. The Labute approximate surface area is 131 Å². The maximum absolute atomic E-state index is 12.9. The van der Waals surface area contributed by atoms with Crippen LogP contribution < -0.4 is 5.43 Å². The third kappa shape index (κ3) is 3.68. The maximum Gasteiger partial charge on any atom is 0.289 e. The van der Waals surface area contributed by atoms with Gasteiger partial charge >= 0.3 is 0 Å². The quantitative estimate of drug-likeness (QED) is 0.574. The van der Waals surface area contributed by atoms with Crippen LogP contribution in [-0.4, -0.2) is 22.3 Å². The molecule has 0 unspecified atom stereocenters. The molecule has 23 heavy (non-hydrogen) atoms. The Balaban J connectivity index is 1.67. The Morgan fingerprint density at radius 1 is 1.13 bits per heavy atom. The molecular formula is C17H13FN4O. The van der Waals surface area contributed by atoms with Gasteiger partial charge in [-0.2, -0.15) is 10.2 Å². The minimum Gasteiger partial charge on any atom is -0.272 e. The summed E-state index contributed by atoms with van der Waals surface area (Å²) in [5, 5.41) is 10.6. The minimum absolute atomic E-state index is 0.273. The summed E-state index contributed by atoms with van der Waals surface area (Å²) in [6, 6.07) is 16.9. The van der Waals surface area contributed by atoms with Crippen molar-refractivity contribution in [2.45, 2.75) is 0 Å². The van der Waals surface area contributed by atoms with Gasteiger partial charge < -0.3 is 0 Å². The number of carbonyl (C=O) groups is 1. The van der Waals surface area contributed by atoms with Crippen molar-refractivity contribution in [3.63, 3.8) is 0 Å². The average Bonchev–Trinajstić information content (AvgIpc) is 3.06. The second-order valence-electron chi connectivity index (χ2n) is 4.78. The second-order valence-corrected chi connectivity index (χ2v) is 4.78. The lowest BCUT2D eigenvalue weighted by atomic mass is 10.1. The summed E-state index contributed by atoms with van der Waals surface area (Å²) in [6.07, 6.45) is 1.55.